The number of thiophene rings is 1. The minimum absolute atomic E-state index is 0.732. The molecule has 15 heavy (non-hydrogen) atoms. The van der Waals surface area contributed by atoms with E-state index in [4.69, 9.17) is 0 Å². The predicted octanol–water partition coefficient (Wildman–Crippen LogP) is 2.69. The highest BCUT2D eigenvalue weighted by Crippen LogP contribution is 2.26. The molecule has 2 rings (SSSR count). The van der Waals surface area contributed by atoms with Crippen LogP contribution in [0, 0.1) is 0 Å². The molecule has 84 valence electrons. The molecule has 1 saturated heterocycles. The second-order valence-electron chi connectivity index (χ2n) is 4.03. The number of nitrogens with zero attached hydrogens (tertiary/aromatic N) is 1. The highest BCUT2D eigenvalue weighted by molar-refractivity contribution is 9.11. The number of halogens is 1. The molecule has 2 nitrogen and oxygen atoms in total. The quantitative estimate of drug-likeness (QED) is 0.917. The highest BCUT2D eigenvalue weighted by Gasteiger charge is 2.23. The van der Waals surface area contributed by atoms with Crippen molar-refractivity contribution < 1.29 is 0 Å². The summed E-state index contributed by atoms with van der Waals surface area (Å²) in [6, 6.07) is 5.10. The van der Waals surface area contributed by atoms with Gasteiger partial charge in [-0.1, -0.05) is 0 Å². The Morgan fingerprint density at radius 3 is 3.13 bits per heavy atom. The summed E-state index contributed by atoms with van der Waals surface area (Å²) in [6.45, 7) is 3.48. The van der Waals surface area contributed by atoms with Crippen molar-refractivity contribution in [1.82, 2.24) is 10.2 Å². The highest BCUT2D eigenvalue weighted by atomic mass is 79.9. The zero-order chi connectivity index (χ0) is 10.7. The van der Waals surface area contributed by atoms with Crippen molar-refractivity contribution in [2.24, 2.45) is 0 Å². The van der Waals surface area contributed by atoms with Crippen LogP contribution in [0.2, 0.25) is 0 Å². The Bertz CT molecular complexity index is 313. The van der Waals surface area contributed by atoms with Crippen LogP contribution in [0.3, 0.4) is 0 Å². The summed E-state index contributed by atoms with van der Waals surface area (Å²) in [7, 11) is 2.04. The van der Waals surface area contributed by atoms with E-state index in [1.165, 1.54) is 28.0 Å². The molecule has 4 heteroatoms. The second kappa shape index (κ2) is 5.43. The van der Waals surface area contributed by atoms with Crippen LogP contribution in [0.25, 0.3) is 0 Å². The molecule has 1 atom stereocenters. The summed E-state index contributed by atoms with van der Waals surface area (Å²) >= 11 is 5.36. The van der Waals surface area contributed by atoms with E-state index in [0.717, 1.165) is 19.1 Å². The van der Waals surface area contributed by atoms with E-state index in [-0.39, 0.29) is 0 Å². The third-order valence-electron chi connectivity index (χ3n) is 2.93. The maximum absolute atomic E-state index is 3.52. The minimum Gasteiger partial charge on any atom is -0.318 e. The summed E-state index contributed by atoms with van der Waals surface area (Å²) in [5, 5.41) is 3.28. The van der Waals surface area contributed by atoms with Gasteiger partial charge in [0.15, 0.2) is 0 Å². The van der Waals surface area contributed by atoms with Gasteiger partial charge in [-0.05, 0) is 54.5 Å². The fourth-order valence-corrected chi connectivity index (χ4v) is 3.72. The number of likely N-dealkylation sites (N-methyl/N-ethyl adjacent to an activating group) is 1. The molecule has 0 aromatic carbocycles. The number of rotatable bonds is 4. The van der Waals surface area contributed by atoms with Crippen LogP contribution < -0.4 is 5.32 Å². The normalized spacial score (nSPS) is 22.4. The van der Waals surface area contributed by atoms with Crippen LogP contribution in [-0.4, -0.2) is 31.1 Å². The number of hydrogen-bond donors (Lipinski definition) is 1. The molecule has 1 aliphatic heterocycles. The summed E-state index contributed by atoms with van der Waals surface area (Å²) in [4.78, 5) is 4.05. The van der Waals surface area contributed by atoms with E-state index >= 15 is 0 Å². The molecule has 0 amide bonds. The van der Waals surface area contributed by atoms with E-state index in [2.05, 4.69) is 38.3 Å². The molecule has 0 aliphatic carbocycles. The zero-order valence-electron chi connectivity index (χ0n) is 9.00. The van der Waals surface area contributed by atoms with Gasteiger partial charge in [-0.3, -0.25) is 4.90 Å². The van der Waals surface area contributed by atoms with Gasteiger partial charge < -0.3 is 5.32 Å². The molecule has 1 aromatic heterocycles. The van der Waals surface area contributed by atoms with E-state index in [0.29, 0.717) is 0 Å². The van der Waals surface area contributed by atoms with E-state index in [1.54, 1.807) is 0 Å². The topological polar surface area (TPSA) is 15.3 Å². The average molecular weight is 289 g/mol. The first-order valence-electron chi connectivity index (χ1n) is 5.42. The SMILES string of the molecule is CNCC1CCCN1Cc1ccc(Br)s1. The molecular formula is C11H17BrN2S. The second-order valence-corrected chi connectivity index (χ2v) is 6.58. The Morgan fingerprint density at radius 2 is 2.47 bits per heavy atom. The van der Waals surface area contributed by atoms with Crippen molar-refractivity contribution >= 4 is 27.3 Å². The Balaban J connectivity index is 1.93. The molecule has 2 heterocycles. The van der Waals surface area contributed by atoms with Gasteiger partial charge in [0.1, 0.15) is 0 Å². The van der Waals surface area contributed by atoms with Crippen molar-refractivity contribution in [3.63, 3.8) is 0 Å². The van der Waals surface area contributed by atoms with Gasteiger partial charge in [0.25, 0.3) is 0 Å². The van der Waals surface area contributed by atoms with Gasteiger partial charge in [-0.2, -0.15) is 0 Å². The maximum Gasteiger partial charge on any atom is 0.0701 e. The van der Waals surface area contributed by atoms with Crippen molar-refractivity contribution in [3.05, 3.63) is 20.8 Å². The molecule has 1 N–H and O–H groups in total. The molecule has 1 unspecified atom stereocenters. The monoisotopic (exact) mass is 288 g/mol. The third kappa shape index (κ3) is 3.03. The first-order chi connectivity index (χ1) is 7.29. The lowest BCUT2D eigenvalue weighted by atomic mass is 10.2. The van der Waals surface area contributed by atoms with Crippen molar-refractivity contribution in [3.8, 4) is 0 Å². The number of hydrogen-bond acceptors (Lipinski definition) is 3. The third-order valence-corrected chi connectivity index (χ3v) is 4.54. The van der Waals surface area contributed by atoms with Crippen molar-refractivity contribution in [2.45, 2.75) is 25.4 Å². The molecular weight excluding hydrogens is 272 g/mol. The van der Waals surface area contributed by atoms with Crippen LogP contribution in [0.1, 0.15) is 17.7 Å². The van der Waals surface area contributed by atoms with E-state index in [9.17, 15) is 0 Å². The molecule has 1 aliphatic rings. The Morgan fingerprint density at radius 1 is 1.60 bits per heavy atom. The van der Waals surface area contributed by atoms with Crippen molar-refractivity contribution in [1.29, 1.82) is 0 Å². The number of likely N-dealkylation sites (tertiary alicyclic amines) is 1. The maximum atomic E-state index is 3.52. The van der Waals surface area contributed by atoms with Gasteiger partial charge in [-0.25, -0.2) is 0 Å². The van der Waals surface area contributed by atoms with Crippen molar-refractivity contribution in [2.75, 3.05) is 20.1 Å². The Hall–Kier alpha value is 0.1000. The molecule has 0 saturated carbocycles. The molecule has 1 fully saturated rings. The van der Waals surface area contributed by atoms with Gasteiger partial charge >= 0.3 is 0 Å². The van der Waals surface area contributed by atoms with Gasteiger partial charge in [0.05, 0.1) is 3.79 Å². The fraction of sp³-hybridized carbons (Fsp3) is 0.636. The van der Waals surface area contributed by atoms with Crippen LogP contribution >= 0.6 is 27.3 Å². The largest absolute Gasteiger partial charge is 0.318 e. The Kier molecular flexibility index (Phi) is 4.20. The molecule has 0 bridgehead atoms. The molecule has 1 aromatic rings. The first-order valence-corrected chi connectivity index (χ1v) is 7.03. The lowest BCUT2D eigenvalue weighted by molar-refractivity contribution is 0.244. The van der Waals surface area contributed by atoms with E-state index in [1.807, 2.05) is 18.4 Å². The minimum atomic E-state index is 0.732. The summed E-state index contributed by atoms with van der Waals surface area (Å²) in [5.74, 6) is 0. The average Bonchev–Trinajstić information content (AvgIpc) is 2.78. The van der Waals surface area contributed by atoms with Gasteiger partial charge in [0.2, 0.25) is 0 Å². The summed E-state index contributed by atoms with van der Waals surface area (Å²) in [6.07, 6.45) is 2.69. The van der Waals surface area contributed by atoms with Crippen LogP contribution in [0.5, 0.6) is 0 Å². The molecule has 0 radical (unpaired) electrons. The zero-order valence-corrected chi connectivity index (χ0v) is 11.4. The Labute approximate surface area is 104 Å². The van der Waals surface area contributed by atoms with Crippen LogP contribution in [0.4, 0.5) is 0 Å². The first kappa shape index (κ1) is 11.6. The smallest absolute Gasteiger partial charge is 0.0701 e. The predicted molar refractivity (Wildman–Crippen MR) is 69.4 cm³/mol. The molecule has 0 spiro atoms. The number of nitrogens with one attached hydrogen (secondary N) is 1. The van der Waals surface area contributed by atoms with Gasteiger partial charge in [-0.15, -0.1) is 11.3 Å². The van der Waals surface area contributed by atoms with Gasteiger partial charge in [0, 0.05) is 24.0 Å². The fourth-order valence-electron chi connectivity index (χ4n) is 2.21. The standard InChI is InChI=1S/C11H17BrN2S/c1-13-7-9-3-2-6-14(9)8-10-4-5-11(12)15-10/h4-5,9,13H,2-3,6-8H2,1H3. The van der Waals surface area contributed by atoms with Crippen LogP contribution in [-0.2, 0) is 6.54 Å². The summed E-state index contributed by atoms with van der Waals surface area (Å²) in [5.41, 5.74) is 0. The van der Waals surface area contributed by atoms with E-state index < -0.39 is 0 Å². The van der Waals surface area contributed by atoms with Crippen LogP contribution in [0.15, 0.2) is 15.9 Å². The lowest BCUT2D eigenvalue weighted by Crippen LogP contribution is -2.36. The lowest BCUT2D eigenvalue weighted by Gasteiger charge is -2.23. The summed E-state index contributed by atoms with van der Waals surface area (Å²) < 4.78 is 1.24.